The first-order chi connectivity index (χ1) is 8.29. The predicted octanol–water partition coefficient (Wildman–Crippen LogP) is 2.28. The van der Waals surface area contributed by atoms with E-state index in [-0.39, 0.29) is 0 Å². The molecular weight excluding hydrogens is 218 g/mol. The van der Waals surface area contributed by atoms with Crippen molar-refractivity contribution in [1.82, 2.24) is 4.98 Å². The second-order valence-electron chi connectivity index (χ2n) is 3.82. The Morgan fingerprint density at radius 3 is 2.94 bits per heavy atom. The zero-order valence-electron chi connectivity index (χ0n) is 9.25. The minimum absolute atomic E-state index is 0.595. The Hall–Kier alpha value is -2.07. The summed E-state index contributed by atoms with van der Waals surface area (Å²) < 4.78 is 10.8. The van der Waals surface area contributed by atoms with Gasteiger partial charge in [0, 0.05) is 17.3 Å². The van der Waals surface area contributed by atoms with Crippen molar-refractivity contribution in [3.8, 4) is 17.2 Å². The van der Waals surface area contributed by atoms with E-state index in [4.69, 9.17) is 9.47 Å². The van der Waals surface area contributed by atoms with Gasteiger partial charge < -0.3 is 14.6 Å². The van der Waals surface area contributed by atoms with Crippen molar-refractivity contribution in [1.29, 1.82) is 0 Å². The van der Waals surface area contributed by atoms with E-state index in [1.807, 2.05) is 0 Å². The van der Waals surface area contributed by atoms with Gasteiger partial charge in [-0.2, -0.15) is 0 Å². The van der Waals surface area contributed by atoms with E-state index >= 15 is 0 Å². The molecule has 0 aliphatic carbocycles. The highest BCUT2D eigenvalue weighted by atomic mass is 16.5. The quantitative estimate of drug-likeness (QED) is 0.815. The summed E-state index contributed by atoms with van der Waals surface area (Å²) in [6, 6.07) is 7.12. The fourth-order valence-corrected chi connectivity index (χ4v) is 1.95. The number of pyridine rings is 1. The second-order valence-corrected chi connectivity index (χ2v) is 3.82. The smallest absolute Gasteiger partial charge is 0.151 e. The van der Waals surface area contributed by atoms with Gasteiger partial charge in [-0.1, -0.05) is 0 Å². The molecule has 0 fully saturated rings. The number of hydrogen-bond acceptors (Lipinski definition) is 4. The number of hydrogen-bond donors (Lipinski definition) is 1. The number of ether oxygens (including phenoxy) is 2. The van der Waals surface area contributed by atoms with Crippen LogP contribution in [0.15, 0.2) is 36.7 Å². The van der Waals surface area contributed by atoms with Crippen LogP contribution in [0.1, 0.15) is 17.2 Å². The summed E-state index contributed by atoms with van der Waals surface area (Å²) in [4.78, 5) is 3.98. The molecule has 3 rings (SSSR count). The monoisotopic (exact) mass is 229 g/mol. The largest absolute Gasteiger partial charge is 0.497 e. The Labute approximate surface area is 98.5 Å². The Morgan fingerprint density at radius 1 is 1.24 bits per heavy atom. The van der Waals surface area contributed by atoms with Crippen molar-refractivity contribution < 1.29 is 14.6 Å². The maximum absolute atomic E-state index is 10.3. The molecule has 0 amide bonds. The molecular formula is C13H11NO3. The lowest BCUT2D eigenvalue weighted by molar-refractivity contribution is 0.202. The second kappa shape index (κ2) is 3.75. The number of fused-ring (bicyclic) bond motifs is 2. The zero-order valence-corrected chi connectivity index (χ0v) is 9.25. The van der Waals surface area contributed by atoms with Crippen LogP contribution in [0.2, 0.25) is 0 Å². The maximum atomic E-state index is 10.3. The number of nitrogens with zero attached hydrogens (tertiary/aromatic N) is 1. The third kappa shape index (κ3) is 1.54. The van der Waals surface area contributed by atoms with Gasteiger partial charge in [0.1, 0.15) is 17.6 Å². The van der Waals surface area contributed by atoms with Gasteiger partial charge in [0.2, 0.25) is 0 Å². The molecule has 2 heterocycles. The standard InChI is InChI=1S/C13H11NO3/c1-16-8-2-3-11-10(6-8)13(15)9-4-5-14-7-12(9)17-11/h2-7,13,15H,1H3. The van der Waals surface area contributed by atoms with Crippen molar-refractivity contribution in [3.63, 3.8) is 0 Å². The Balaban J connectivity index is 2.13. The van der Waals surface area contributed by atoms with Gasteiger partial charge >= 0.3 is 0 Å². The van der Waals surface area contributed by atoms with Gasteiger partial charge in [-0.05, 0) is 24.3 Å². The van der Waals surface area contributed by atoms with E-state index in [1.54, 1.807) is 43.8 Å². The average Bonchev–Trinajstić information content (AvgIpc) is 2.39. The SMILES string of the molecule is COc1ccc2c(c1)C(O)c1ccncc1O2. The molecule has 1 N–H and O–H groups in total. The first-order valence-corrected chi connectivity index (χ1v) is 5.27. The highest BCUT2D eigenvalue weighted by Gasteiger charge is 2.25. The molecule has 1 unspecified atom stereocenters. The van der Waals surface area contributed by atoms with Gasteiger partial charge in [-0.3, -0.25) is 4.98 Å². The minimum Gasteiger partial charge on any atom is -0.497 e. The number of aliphatic hydroxyl groups is 1. The van der Waals surface area contributed by atoms with Crippen molar-refractivity contribution in [2.75, 3.05) is 7.11 Å². The number of methoxy groups -OCH3 is 1. The molecule has 1 aliphatic rings. The summed E-state index contributed by atoms with van der Waals surface area (Å²) in [5.74, 6) is 1.93. The van der Waals surface area contributed by atoms with Crippen LogP contribution >= 0.6 is 0 Å². The average molecular weight is 229 g/mol. The van der Waals surface area contributed by atoms with Gasteiger partial charge in [-0.15, -0.1) is 0 Å². The van der Waals surface area contributed by atoms with Crippen molar-refractivity contribution in [3.05, 3.63) is 47.8 Å². The Kier molecular flexibility index (Phi) is 2.23. The summed E-state index contributed by atoms with van der Waals surface area (Å²) in [5, 5.41) is 10.3. The Morgan fingerprint density at radius 2 is 2.12 bits per heavy atom. The Bertz CT molecular complexity index is 568. The maximum Gasteiger partial charge on any atom is 0.151 e. The molecule has 0 saturated heterocycles. The van der Waals surface area contributed by atoms with Crippen LogP contribution in [0.5, 0.6) is 17.2 Å². The molecule has 1 aromatic carbocycles. The first-order valence-electron chi connectivity index (χ1n) is 5.27. The van der Waals surface area contributed by atoms with Crippen LogP contribution in [0.25, 0.3) is 0 Å². The topological polar surface area (TPSA) is 51.6 Å². The first kappa shape index (κ1) is 10.1. The lowest BCUT2D eigenvalue weighted by atomic mass is 9.98. The van der Waals surface area contributed by atoms with Crippen LogP contribution in [0.4, 0.5) is 0 Å². The summed E-state index contributed by atoms with van der Waals surface area (Å²) in [7, 11) is 1.59. The van der Waals surface area contributed by atoms with Gasteiger partial charge in [0.15, 0.2) is 5.75 Å². The molecule has 0 saturated carbocycles. The predicted molar refractivity (Wildman–Crippen MR) is 61.4 cm³/mol. The highest BCUT2D eigenvalue weighted by Crippen LogP contribution is 2.43. The van der Waals surface area contributed by atoms with Crippen molar-refractivity contribution in [2.24, 2.45) is 0 Å². The van der Waals surface area contributed by atoms with E-state index < -0.39 is 6.10 Å². The summed E-state index contributed by atoms with van der Waals surface area (Å²) in [6.07, 6.45) is 2.54. The van der Waals surface area contributed by atoms with E-state index in [2.05, 4.69) is 4.98 Å². The zero-order chi connectivity index (χ0) is 11.8. The number of aliphatic hydroxyl groups excluding tert-OH is 1. The summed E-state index contributed by atoms with van der Waals surface area (Å²) in [5.41, 5.74) is 1.43. The lowest BCUT2D eigenvalue weighted by Gasteiger charge is -2.24. The van der Waals surface area contributed by atoms with Crippen LogP contribution in [0.3, 0.4) is 0 Å². The van der Waals surface area contributed by atoms with Gasteiger partial charge in [0.05, 0.1) is 13.3 Å². The van der Waals surface area contributed by atoms with E-state index in [0.717, 1.165) is 5.56 Å². The van der Waals surface area contributed by atoms with Crippen LogP contribution < -0.4 is 9.47 Å². The van der Waals surface area contributed by atoms with E-state index in [9.17, 15) is 5.11 Å². The third-order valence-corrected chi connectivity index (χ3v) is 2.84. The van der Waals surface area contributed by atoms with E-state index in [1.165, 1.54) is 0 Å². The molecule has 86 valence electrons. The minimum atomic E-state index is -0.702. The molecule has 2 aromatic rings. The van der Waals surface area contributed by atoms with Crippen molar-refractivity contribution >= 4 is 0 Å². The summed E-state index contributed by atoms with van der Waals surface area (Å²) in [6.45, 7) is 0. The van der Waals surface area contributed by atoms with Crippen LogP contribution in [0, 0.1) is 0 Å². The lowest BCUT2D eigenvalue weighted by Crippen LogP contribution is -2.09. The highest BCUT2D eigenvalue weighted by molar-refractivity contribution is 5.53. The molecule has 4 heteroatoms. The molecule has 1 aromatic heterocycles. The molecule has 1 atom stereocenters. The molecule has 1 aliphatic heterocycles. The number of aromatic nitrogens is 1. The number of rotatable bonds is 1. The van der Waals surface area contributed by atoms with Crippen LogP contribution in [-0.4, -0.2) is 17.2 Å². The molecule has 0 radical (unpaired) electrons. The van der Waals surface area contributed by atoms with Gasteiger partial charge in [0.25, 0.3) is 0 Å². The van der Waals surface area contributed by atoms with Crippen molar-refractivity contribution in [2.45, 2.75) is 6.10 Å². The molecule has 0 spiro atoms. The number of benzene rings is 1. The normalized spacial score (nSPS) is 16.7. The van der Waals surface area contributed by atoms with Gasteiger partial charge in [-0.25, -0.2) is 0 Å². The molecule has 17 heavy (non-hydrogen) atoms. The molecule has 0 bridgehead atoms. The van der Waals surface area contributed by atoms with Crippen LogP contribution in [-0.2, 0) is 0 Å². The third-order valence-electron chi connectivity index (χ3n) is 2.84. The fraction of sp³-hybridized carbons (Fsp3) is 0.154. The summed E-state index contributed by atoms with van der Waals surface area (Å²) >= 11 is 0. The molecule has 4 nitrogen and oxygen atoms in total. The van der Waals surface area contributed by atoms with E-state index in [0.29, 0.717) is 22.8 Å². The fourth-order valence-electron chi connectivity index (χ4n) is 1.95.